The van der Waals surface area contributed by atoms with Gasteiger partial charge in [-0.25, -0.2) is 4.98 Å². The van der Waals surface area contributed by atoms with Crippen molar-refractivity contribution in [2.75, 3.05) is 0 Å². The fourth-order valence-electron chi connectivity index (χ4n) is 2.18. The molecule has 0 aliphatic heterocycles. The van der Waals surface area contributed by atoms with E-state index >= 15 is 0 Å². The number of nitrogens with one attached hydrogen (secondary N) is 1. The van der Waals surface area contributed by atoms with Gasteiger partial charge in [0.2, 0.25) is 0 Å². The number of nitrogens with two attached hydrogens (primary N) is 1. The molecule has 2 aromatic heterocycles. The Morgan fingerprint density at radius 3 is 2.95 bits per heavy atom. The van der Waals surface area contributed by atoms with Gasteiger partial charge >= 0.3 is 0 Å². The number of para-hydroxylation sites is 1. The molecule has 0 saturated carbocycles. The molecule has 110 valence electrons. The van der Waals surface area contributed by atoms with Crippen LogP contribution in [0.3, 0.4) is 0 Å². The number of thiocarbonyl (C=S) groups is 1. The van der Waals surface area contributed by atoms with Gasteiger partial charge in [0.15, 0.2) is 5.11 Å². The lowest BCUT2D eigenvalue weighted by Crippen LogP contribution is -2.24. The Hall–Kier alpha value is -2.80. The van der Waals surface area contributed by atoms with E-state index in [0.717, 1.165) is 27.7 Å². The minimum absolute atomic E-state index is 0.127. The first-order valence-electron chi connectivity index (χ1n) is 6.61. The molecule has 0 fully saturated rings. The second-order valence-corrected chi connectivity index (χ2v) is 5.19. The number of nitrogens with zero attached hydrogens (tertiary/aromatic N) is 4. The summed E-state index contributed by atoms with van der Waals surface area (Å²) in [6.45, 7) is 0. The van der Waals surface area contributed by atoms with Gasteiger partial charge in [0, 0.05) is 29.8 Å². The van der Waals surface area contributed by atoms with Crippen LogP contribution in [0.2, 0.25) is 0 Å². The fraction of sp³-hybridized carbons (Fsp3) is 0.0667. The number of hydrazone groups is 1. The van der Waals surface area contributed by atoms with E-state index in [1.807, 2.05) is 43.6 Å². The Morgan fingerprint density at radius 1 is 1.41 bits per heavy atom. The van der Waals surface area contributed by atoms with Crippen LogP contribution in [0.25, 0.3) is 22.2 Å². The first-order chi connectivity index (χ1) is 10.6. The summed E-state index contributed by atoms with van der Waals surface area (Å²) in [7, 11) is 1.87. The molecule has 0 saturated heterocycles. The predicted octanol–water partition coefficient (Wildman–Crippen LogP) is 1.80. The van der Waals surface area contributed by atoms with Crippen molar-refractivity contribution in [2.45, 2.75) is 0 Å². The Kier molecular flexibility index (Phi) is 3.80. The number of hydrogen-bond acceptors (Lipinski definition) is 4. The highest BCUT2D eigenvalue weighted by molar-refractivity contribution is 7.80. The third kappa shape index (κ3) is 2.94. The van der Waals surface area contributed by atoms with Crippen LogP contribution in [-0.2, 0) is 7.05 Å². The average molecular weight is 310 g/mol. The Morgan fingerprint density at radius 2 is 2.23 bits per heavy atom. The summed E-state index contributed by atoms with van der Waals surface area (Å²) in [5, 5.41) is 9.36. The van der Waals surface area contributed by atoms with Crippen LogP contribution in [0.1, 0.15) is 5.56 Å². The maximum atomic E-state index is 5.38. The van der Waals surface area contributed by atoms with Crippen molar-refractivity contribution < 1.29 is 0 Å². The smallest absolute Gasteiger partial charge is 0.184 e. The second-order valence-electron chi connectivity index (χ2n) is 4.75. The summed E-state index contributed by atoms with van der Waals surface area (Å²) < 4.78 is 1.74. The highest BCUT2D eigenvalue weighted by Crippen LogP contribution is 2.23. The molecule has 0 amide bonds. The second kappa shape index (κ2) is 5.90. The summed E-state index contributed by atoms with van der Waals surface area (Å²) >= 11 is 4.74. The van der Waals surface area contributed by atoms with Gasteiger partial charge in [-0.05, 0) is 24.4 Å². The molecule has 0 atom stereocenters. The maximum absolute atomic E-state index is 5.38. The highest BCUT2D eigenvalue weighted by Gasteiger charge is 2.07. The van der Waals surface area contributed by atoms with Crippen molar-refractivity contribution in [3.63, 3.8) is 0 Å². The molecular weight excluding hydrogens is 296 g/mol. The first kappa shape index (κ1) is 14.2. The first-order valence-corrected chi connectivity index (χ1v) is 7.01. The quantitative estimate of drug-likeness (QED) is 0.438. The molecule has 6 nitrogen and oxygen atoms in total. The van der Waals surface area contributed by atoms with E-state index in [0.29, 0.717) is 0 Å². The lowest BCUT2D eigenvalue weighted by atomic mass is 10.1. The van der Waals surface area contributed by atoms with Gasteiger partial charge in [0.05, 0.1) is 23.6 Å². The van der Waals surface area contributed by atoms with Crippen molar-refractivity contribution in [3.05, 3.63) is 48.3 Å². The van der Waals surface area contributed by atoms with Crippen LogP contribution in [0.15, 0.2) is 47.8 Å². The molecule has 0 aliphatic rings. The predicted molar refractivity (Wildman–Crippen MR) is 91.5 cm³/mol. The average Bonchev–Trinajstić information content (AvgIpc) is 2.93. The minimum Gasteiger partial charge on any atom is -0.375 e. The molecule has 0 aliphatic carbocycles. The van der Waals surface area contributed by atoms with E-state index in [9.17, 15) is 0 Å². The summed E-state index contributed by atoms with van der Waals surface area (Å²) in [5.41, 5.74) is 11.5. The number of pyridine rings is 1. The molecular formula is C15H14N6S. The third-order valence-corrected chi connectivity index (χ3v) is 3.22. The largest absolute Gasteiger partial charge is 0.375 e. The van der Waals surface area contributed by atoms with Gasteiger partial charge in [0.25, 0.3) is 0 Å². The Labute approximate surface area is 132 Å². The maximum Gasteiger partial charge on any atom is 0.184 e. The van der Waals surface area contributed by atoms with E-state index in [1.165, 1.54) is 0 Å². The van der Waals surface area contributed by atoms with E-state index < -0.39 is 0 Å². The molecule has 3 aromatic rings. The fourth-order valence-corrected chi connectivity index (χ4v) is 2.23. The van der Waals surface area contributed by atoms with E-state index in [1.54, 1.807) is 17.1 Å². The number of hydrogen-bond donors (Lipinski definition) is 2. The molecule has 0 unspecified atom stereocenters. The standard InChI is InChI=1S/C15H14N6S/c1-21-9-11(8-18-21)14-6-10(7-17-20-15(16)22)12-4-2-3-5-13(12)19-14/h2-9H,1H3,(H3,16,20,22)/b17-7+. The SMILES string of the molecule is Cn1cc(-c2cc(/C=N/NC(N)=S)c3ccccc3n2)cn1. The highest BCUT2D eigenvalue weighted by atomic mass is 32.1. The van der Waals surface area contributed by atoms with Gasteiger partial charge in [-0.3, -0.25) is 10.1 Å². The van der Waals surface area contributed by atoms with Crippen LogP contribution in [0.4, 0.5) is 0 Å². The van der Waals surface area contributed by atoms with E-state index in [4.69, 9.17) is 18.0 Å². The monoisotopic (exact) mass is 310 g/mol. The van der Waals surface area contributed by atoms with Crippen LogP contribution in [0, 0.1) is 0 Å². The number of fused-ring (bicyclic) bond motifs is 1. The van der Waals surface area contributed by atoms with Crippen LogP contribution >= 0.6 is 12.2 Å². The molecule has 22 heavy (non-hydrogen) atoms. The van der Waals surface area contributed by atoms with Crippen molar-refractivity contribution >= 4 is 34.4 Å². The lowest BCUT2D eigenvalue weighted by molar-refractivity contribution is 0.768. The minimum atomic E-state index is 0.127. The molecule has 7 heteroatoms. The summed E-state index contributed by atoms with van der Waals surface area (Å²) in [6, 6.07) is 9.84. The number of aryl methyl sites for hydroxylation is 1. The molecule has 1 aromatic carbocycles. The lowest BCUT2D eigenvalue weighted by Gasteiger charge is -2.05. The number of aromatic nitrogens is 3. The van der Waals surface area contributed by atoms with E-state index in [-0.39, 0.29) is 5.11 Å². The zero-order valence-corrected chi connectivity index (χ0v) is 12.7. The molecule has 0 radical (unpaired) electrons. The third-order valence-electron chi connectivity index (χ3n) is 3.13. The zero-order valence-electron chi connectivity index (χ0n) is 11.9. The summed E-state index contributed by atoms with van der Waals surface area (Å²) in [4.78, 5) is 4.68. The zero-order chi connectivity index (χ0) is 15.5. The van der Waals surface area contributed by atoms with E-state index in [2.05, 4.69) is 20.6 Å². The van der Waals surface area contributed by atoms with Gasteiger partial charge in [0.1, 0.15) is 0 Å². The normalized spacial score (nSPS) is 11.1. The summed E-state index contributed by atoms with van der Waals surface area (Å²) in [5.74, 6) is 0. The number of benzene rings is 1. The van der Waals surface area contributed by atoms with Crippen molar-refractivity contribution in [3.8, 4) is 11.3 Å². The molecule has 2 heterocycles. The topological polar surface area (TPSA) is 81.1 Å². The van der Waals surface area contributed by atoms with Crippen LogP contribution in [-0.4, -0.2) is 26.1 Å². The molecule has 0 bridgehead atoms. The molecule has 3 rings (SSSR count). The van der Waals surface area contributed by atoms with Crippen LogP contribution in [0.5, 0.6) is 0 Å². The number of rotatable bonds is 3. The van der Waals surface area contributed by atoms with Gasteiger partial charge in [-0.15, -0.1) is 0 Å². The van der Waals surface area contributed by atoms with Crippen molar-refractivity contribution in [1.29, 1.82) is 0 Å². The molecule has 0 spiro atoms. The van der Waals surface area contributed by atoms with Gasteiger partial charge < -0.3 is 5.73 Å². The van der Waals surface area contributed by atoms with Crippen LogP contribution < -0.4 is 11.2 Å². The van der Waals surface area contributed by atoms with Crippen molar-refractivity contribution in [1.82, 2.24) is 20.2 Å². The van der Waals surface area contributed by atoms with Crippen molar-refractivity contribution in [2.24, 2.45) is 17.9 Å². The van der Waals surface area contributed by atoms with Gasteiger partial charge in [-0.2, -0.15) is 10.2 Å². The van der Waals surface area contributed by atoms with Gasteiger partial charge in [-0.1, -0.05) is 18.2 Å². The summed E-state index contributed by atoms with van der Waals surface area (Å²) in [6.07, 6.45) is 5.39. The molecule has 3 N–H and O–H groups in total. The Bertz CT molecular complexity index is 867. The Balaban J connectivity index is 2.12.